The van der Waals surface area contributed by atoms with Crippen molar-refractivity contribution in [3.05, 3.63) is 75.9 Å². The molecule has 3 aromatic rings. The number of hydrogen-bond donors (Lipinski definition) is 1. The van der Waals surface area contributed by atoms with Crippen LogP contribution in [-0.4, -0.2) is 21.6 Å². The van der Waals surface area contributed by atoms with Crippen LogP contribution in [0.5, 0.6) is 0 Å². The fourth-order valence-electron chi connectivity index (χ4n) is 3.20. The molecule has 0 saturated carbocycles. The maximum Gasteiger partial charge on any atom is 0.0969 e. The van der Waals surface area contributed by atoms with E-state index in [1.54, 1.807) is 0 Å². The van der Waals surface area contributed by atoms with Crippen LogP contribution in [0.3, 0.4) is 0 Å². The molecule has 0 unspecified atom stereocenters. The number of fused-ring (bicyclic) bond motifs is 1. The van der Waals surface area contributed by atoms with E-state index >= 15 is 0 Å². The highest BCUT2D eigenvalue weighted by Crippen LogP contribution is 2.30. The van der Waals surface area contributed by atoms with Gasteiger partial charge in [-0.05, 0) is 17.7 Å². The summed E-state index contributed by atoms with van der Waals surface area (Å²) >= 11 is 3.55. The summed E-state index contributed by atoms with van der Waals surface area (Å²) in [5.74, 6) is 0. The van der Waals surface area contributed by atoms with Gasteiger partial charge in [0.25, 0.3) is 0 Å². The lowest BCUT2D eigenvalue weighted by Crippen LogP contribution is -2.29. The van der Waals surface area contributed by atoms with E-state index in [2.05, 4.69) is 79.6 Å². The molecule has 23 heavy (non-hydrogen) atoms. The Kier molecular flexibility index (Phi) is 4.02. The maximum absolute atomic E-state index is 4.58. The molecule has 0 bridgehead atoms. The molecule has 0 fully saturated rings. The van der Waals surface area contributed by atoms with Crippen LogP contribution in [-0.2, 0) is 19.5 Å². The van der Waals surface area contributed by atoms with Crippen molar-refractivity contribution >= 4 is 15.9 Å². The van der Waals surface area contributed by atoms with E-state index in [1.165, 1.54) is 22.4 Å². The van der Waals surface area contributed by atoms with E-state index in [1.807, 2.05) is 6.07 Å². The standard InChI is InChI=1S/C19H18BrN3/c20-16-8-4-7-15(11-16)19-17-13-23(10-9-18(17)21-22-19)12-14-5-2-1-3-6-14/h1-8,11H,9-10,12-13H2,(H,21,22). The second-order valence-electron chi connectivity index (χ2n) is 5.99. The van der Waals surface area contributed by atoms with Crippen LogP contribution in [0.25, 0.3) is 11.3 Å². The molecule has 3 nitrogen and oxygen atoms in total. The Hall–Kier alpha value is -1.91. The highest BCUT2D eigenvalue weighted by atomic mass is 79.9. The summed E-state index contributed by atoms with van der Waals surface area (Å²) in [6, 6.07) is 19.0. The third-order valence-electron chi connectivity index (χ3n) is 4.36. The van der Waals surface area contributed by atoms with Crippen LogP contribution < -0.4 is 0 Å². The molecule has 116 valence electrons. The first-order valence-corrected chi connectivity index (χ1v) is 8.67. The molecule has 2 aromatic carbocycles. The molecular weight excluding hydrogens is 350 g/mol. The Bertz CT molecular complexity index is 810. The van der Waals surface area contributed by atoms with Gasteiger partial charge in [-0.3, -0.25) is 10.00 Å². The van der Waals surface area contributed by atoms with E-state index in [4.69, 9.17) is 0 Å². The van der Waals surface area contributed by atoms with Gasteiger partial charge < -0.3 is 0 Å². The average Bonchev–Trinajstić information content (AvgIpc) is 2.99. The number of aromatic nitrogens is 2. The summed E-state index contributed by atoms with van der Waals surface area (Å²) in [5.41, 5.74) is 6.23. The topological polar surface area (TPSA) is 31.9 Å². The minimum absolute atomic E-state index is 0.947. The second-order valence-corrected chi connectivity index (χ2v) is 6.90. The quantitative estimate of drug-likeness (QED) is 0.743. The Morgan fingerprint density at radius 3 is 2.78 bits per heavy atom. The van der Waals surface area contributed by atoms with Crippen molar-refractivity contribution in [2.24, 2.45) is 0 Å². The number of benzene rings is 2. The van der Waals surface area contributed by atoms with Gasteiger partial charge in [-0.1, -0.05) is 58.4 Å². The first-order valence-electron chi connectivity index (χ1n) is 7.88. The van der Waals surface area contributed by atoms with Crippen molar-refractivity contribution in [1.29, 1.82) is 0 Å². The second kappa shape index (κ2) is 6.30. The molecule has 1 N–H and O–H groups in total. The summed E-state index contributed by atoms with van der Waals surface area (Å²) in [6.45, 7) is 3.01. The third kappa shape index (κ3) is 3.09. The summed E-state index contributed by atoms with van der Waals surface area (Å²) in [5, 5.41) is 7.81. The molecule has 0 amide bonds. The fourth-order valence-corrected chi connectivity index (χ4v) is 3.60. The minimum Gasteiger partial charge on any atom is -0.294 e. The van der Waals surface area contributed by atoms with Gasteiger partial charge in [0.2, 0.25) is 0 Å². The minimum atomic E-state index is 0.947. The van der Waals surface area contributed by atoms with E-state index in [0.29, 0.717) is 0 Å². The predicted molar refractivity (Wildman–Crippen MR) is 96.0 cm³/mol. The molecule has 0 saturated heterocycles. The number of rotatable bonds is 3. The Morgan fingerprint density at radius 2 is 1.96 bits per heavy atom. The molecule has 0 radical (unpaired) electrons. The van der Waals surface area contributed by atoms with Crippen molar-refractivity contribution < 1.29 is 0 Å². The van der Waals surface area contributed by atoms with E-state index in [9.17, 15) is 0 Å². The Balaban J connectivity index is 1.60. The predicted octanol–water partition coefficient (Wildman–Crippen LogP) is 4.40. The summed E-state index contributed by atoms with van der Waals surface area (Å²) in [4.78, 5) is 2.49. The van der Waals surface area contributed by atoms with Crippen molar-refractivity contribution in [2.75, 3.05) is 6.54 Å². The highest BCUT2D eigenvalue weighted by Gasteiger charge is 2.22. The fraction of sp³-hybridized carbons (Fsp3) is 0.211. The first-order chi connectivity index (χ1) is 11.3. The zero-order valence-corrected chi connectivity index (χ0v) is 14.4. The van der Waals surface area contributed by atoms with Gasteiger partial charge >= 0.3 is 0 Å². The van der Waals surface area contributed by atoms with E-state index < -0.39 is 0 Å². The lowest BCUT2D eigenvalue weighted by atomic mass is 10.0. The number of nitrogens with one attached hydrogen (secondary N) is 1. The maximum atomic E-state index is 4.58. The number of H-pyrrole nitrogens is 1. The molecule has 0 aliphatic carbocycles. The molecule has 2 heterocycles. The molecule has 4 rings (SSSR count). The van der Waals surface area contributed by atoms with Crippen LogP contribution in [0, 0.1) is 0 Å². The molecule has 1 aliphatic heterocycles. The molecular formula is C19H18BrN3. The number of halogens is 1. The van der Waals surface area contributed by atoms with E-state index in [0.717, 1.165) is 36.2 Å². The van der Waals surface area contributed by atoms with Crippen molar-refractivity contribution in [2.45, 2.75) is 19.5 Å². The van der Waals surface area contributed by atoms with E-state index in [-0.39, 0.29) is 0 Å². The Labute approximate surface area is 144 Å². The Morgan fingerprint density at radius 1 is 1.09 bits per heavy atom. The molecule has 0 atom stereocenters. The lowest BCUT2D eigenvalue weighted by molar-refractivity contribution is 0.245. The molecule has 1 aromatic heterocycles. The van der Waals surface area contributed by atoms with Crippen molar-refractivity contribution in [3.63, 3.8) is 0 Å². The van der Waals surface area contributed by atoms with Crippen LogP contribution >= 0.6 is 15.9 Å². The first kappa shape index (κ1) is 14.7. The normalized spacial score (nSPS) is 14.7. The molecule has 4 heteroatoms. The van der Waals surface area contributed by atoms with Gasteiger partial charge in [0.05, 0.1) is 5.69 Å². The highest BCUT2D eigenvalue weighted by molar-refractivity contribution is 9.10. The number of hydrogen-bond acceptors (Lipinski definition) is 2. The van der Waals surface area contributed by atoms with Gasteiger partial charge in [-0.2, -0.15) is 5.10 Å². The number of nitrogens with zero attached hydrogens (tertiary/aromatic N) is 2. The molecule has 0 spiro atoms. The van der Waals surface area contributed by atoms with Gasteiger partial charge in [0.1, 0.15) is 0 Å². The monoisotopic (exact) mass is 367 g/mol. The van der Waals surface area contributed by atoms with Gasteiger partial charge in [-0.25, -0.2) is 0 Å². The largest absolute Gasteiger partial charge is 0.294 e. The van der Waals surface area contributed by atoms with Gasteiger partial charge in [0, 0.05) is 47.3 Å². The van der Waals surface area contributed by atoms with Crippen LogP contribution in [0.4, 0.5) is 0 Å². The number of aromatic amines is 1. The van der Waals surface area contributed by atoms with Gasteiger partial charge in [-0.15, -0.1) is 0 Å². The van der Waals surface area contributed by atoms with Crippen LogP contribution in [0.15, 0.2) is 59.1 Å². The summed E-state index contributed by atoms with van der Waals surface area (Å²) < 4.78 is 1.09. The van der Waals surface area contributed by atoms with Crippen molar-refractivity contribution in [3.8, 4) is 11.3 Å². The van der Waals surface area contributed by atoms with Gasteiger partial charge in [0.15, 0.2) is 0 Å². The van der Waals surface area contributed by atoms with Crippen LogP contribution in [0.1, 0.15) is 16.8 Å². The lowest BCUT2D eigenvalue weighted by Gasteiger charge is -2.27. The smallest absolute Gasteiger partial charge is 0.0969 e. The zero-order valence-electron chi connectivity index (χ0n) is 12.8. The zero-order chi connectivity index (χ0) is 15.6. The van der Waals surface area contributed by atoms with Crippen molar-refractivity contribution in [1.82, 2.24) is 15.1 Å². The third-order valence-corrected chi connectivity index (χ3v) is 4.85. The summed E-state index contributed by atoms with van der Waals surface area (Å²) in [7, 11) is 0. The summed E-state index contributed by atoms with van der Waals surface area (Å²) in [6.07, 6.45) is 1.03. The molecule has 1 aliphatic rings. The van der Waals surface area contributed by atoms with Crippen LogP contribution in [0.2, 0.25) is 0 Å². The average molecular weight is 368 g/mol. The SMILES string of the molecule is Brc1cccc(-c2n[nH]c3c2CN(Cc2ccccc2)CC3)c1.